The van der Waals surface area contributed by atoms with Gasteiger partial charge in [-0.15, -0.1) is 0 Å². The van der Waals surface area contributed by atoms with Crippen molar-refractivity contribution in [3.8, 4) is 0 Å². The third kappa shape index (κ3) is 39.9. The number of rotatable bonds is 43. The van der Waals surface area contributed by atoms with Crippen LogP contribution in [0.2, 0.25) is 0 Å². The fourth-order valence-electron chi connectivity index (χ4n) is 7.21. The van der Waals surface area contributed by atoms with Gasteiger partial charge in [0.15, 0.2) is 0 Å². The molecular formula is C48H92O4. The minimum absolute atomic E-state index is 0.168. The Morgan fingerprint density at radius 2 is 0.692 bits per heavy atom. The maximum atomic E-state index is 13.1. The maximum Gasteiger partial charge on any atom is 0.309 e. The summed E-state index contributed by atoms with van der Waals surface area (Å²) in [5.74, 6) is -0.781. The van der Waals surface area contributed by atoms with Gasteiger partial charge >= 0.3 is 11.9 Å². The molecule has 4 heteroatoms. The van der Waals surface area contributed by atoms with Gasteiger partial charge in [0.05, 0.1) is 25.6 Å². The van der Waals surface area contributed by atoms with Crippen LogP contribution in [0.5, 0.6) is 0 Å². The molecule has 0 aromatic carbocycles. The summed E-state index contributed by atoms with van der Waals surface area (Å²) in [4.78, 5) is 25.8. The van der Waals surface area contributed by atoms with E-state index < -0.39 is 0 Å². The molecule has 1 unspecified atom stereocenters. The van der Waals surface area contributed by atoms with Crippen LogP contribution in [0.25, 0.3) is 0 Å². The quantitative estimate of drug-likeness (QED) is 0.0356. The van der Waals surface area contributed by atoms with Crippen LogP contribution < -0.4 is 0 Å². The molecule has 0 aliphatic carbocycles. The highest BCUT2D eigenvalue weighted by molar-refractivity contribution is 5.79. The average Bonchev–Trinajstić information content (AvgIpc) is 3.14. The molecule has 0 aromatic heterocycles. The van der Waals surface area contributed by atoms with Crippen molar-refractivity contribution in [3.05, 3.63) is 12.2 Å². The van der Waals surface area contributed by atoms with Crippen molar-refractivity contribution in [1.29, 1.82) is 0 Å². The van der Waals surface area contributed by atoms with E-state index in [0.29, 0.717) is 13.2 Å². The van der Waals surface area contributed by atoms with Crippen molar-refractivity contribution in [3.63, 3.8) is 0 Å². The van der Waals surface area contributed by atoms with Crippen LogP contribution in [0, 0.1) is 5.92 Å². The number of allylic oxidation sites excluding steroid dienone is 2. The molecule has 0 saturated carbocycles. The van der Waals surface area contributed by atoms with Gasteiger partial charge in [0.2, 0.25) is 0 Å². The summed E-state index contributed by atoms with van der Waals surface area (Å²) in [6.45, 7) is 7.77. The first kappa shape index (κ1) is 50.7. The van der Waals surface area contributed by atoms with Crippen LogP contribution in [-0.2, 0) is 19.1 Å². The predicted octanol–water partition coefficient (Wildman–Crippen LogP) is 16.1. The molecule has 0 amide bonds. The molecule has 0 heterocycles. The molecular weight excluding hydrogens is 641 g/mol. The van der Waals surface area contributed by atoms with Gasteiger partial charge in [-0.2, -0.15) is 0 Å². The van der Waals surface area contributed by atoms with Crippen LogP contribution in [0.3, 0.4) is 0 Å². The van der Waals surface area contributed by atoms with Gasteiger partial charge in [-0.25, -0.2) is 0 Å². The summed E-state index contributed by atoms with van der Waals surface area (Å²) in [5.41, 5.74) is 0. The van der Waals surface area contributed by atoms with E-state index in [4.69, 9.17) is 9.47 Å². The highest BCUT2D eigenvalue weighted by Crippen LogP contribution is 2.20. The SMILES string of the molecule is CCCCCCCCC/C=C/CCCCCCCCCC(CC(=O)OCCCCCCCCCCCC)C(=O)OCCCCCCCCCCCC. The minimum atomic E-state index is -0.365. The largest absolute Gasteiger partial charge is 0.466 e. The predicted molar refractivity (Wildman–Crippen MR) is 227 cm³/mol. The van der Waals surface area contributed by atoms with E-state index in [-0.39, 0.29) is 24.3 Å². The Bertz CT molecular complexity index is 747. The van der Waals surface area contributed by atoms with Crippen LogP contribution >= 0.6 is 0 Å². The third-order valence-electron chi connectivity index (χ3n) is 10.8. The van der Waals surface area contributed by atoms with Crippen molar-refractivity contribution in [2.24, 2.45) is 5.92 Å². The fourth-order valence-corrected chi connectivity index (χ4v) is 7.21. The van der Waals surface area contributed by atoms with Gasteiger partial charge in [0.1, 0.15) is 0 Å². The van der Waals surface area contributed by atoms with Gasteiger partial charge in [-0.05, 0) is 44.9 Å². The number of hydrogen-bond donors (Lipinski definition) is 0. The Balaban J connectivity index is 4.20. The van der Waals surface area contributed by atoms with E-state index in [0.717, 1.165) is 44.9 Å². The van der Waals surface area contributed by atoms with E-state index in [1.54, 1.807) is 0 Å². The topological polar surface area (TPSA) is 52.6 Å². The lowest BCUT2D eigenvalue weighted by Gasteiger charge is -2.16. The summed E-state index contributed by atoms with van der Waals surface area (Å²) in [5, 5.41) is 0. The monoisotopic (exact) mass is 733 g/mol. The van der Waals surface area contributed by atoms with Crippen LogP contribution in [0.1, 0.15) is 265 Å². The van der Waals surface area contributed by atoms with E-state index in [1.165, 1.54) is 193 Å². The molecule has 0 fully saturated rings. The minimum Gasteiger partial charge on any atom is -0.466 e. The second-order valence-corrected chi connectivity index (χ2v) is 16.1. The zero-order chi connectivity index (χ0) is 37.8. The summed E-state index contributed by atoms with van der Waals surface area (Å²) < 4.78 is 11.3. The Hall–Kier alpha value is -1.32. The van der Waals surface area contributed by atoms with Gasteiger partial charge < -0.3 is 9.47 Å². The molecule has 0 radical (unpaired) electrons. The molecule has 0 aliphatic heterocycles. The lowest BCUT2D eigenvalue weighted by molar-refractivity contribution is -0.155. The average molecular weight is 733 g/mol. The molecule has 0 N–H and O–H groups in total. The van der Waals surface area contributed by atoms with Crippen molar-refractivity contribution in [2.45, 2.75) is 265 Å². The van der Waals surface area contributed by atoms with Crippen LogP contribution in [0.15, 0.2) is 12.2 Å². The van der Waals surface area contributed by atoms with E-state index in [1.807, 2.05) is 0 Å². The fraction of sp³-hybridized carbons (Fsp3) is 0.917. The molecule has 4 nitrogen and oxygen atoms in total. The molecule has 308 valence electrons. The summed E-state index contributed by atoms with van der Waals surface area (Å²) in [6.07, 6.45) is 51.5. The van der Waals surface area contributed by atoms with Gasteiger partial charge in [0.25, 0.3) is 0 Å². The number of carbonyl (C=O) groups is 2. The van der Waals surface area contributed by atoms with E-state index in [2.05, 4.69) is 32.9 Å². The van der Waals surface area contributed by atoms with E-state index in [9.17, 15) is 9.59 Å². The third-order valence-corrected chi connectivity index (χ3v) is 10.8. The van der Waals surface area contributed by atoms with E-state index >= 15 is 0 Å². The summed E-state index contributed by atoms with van der Waals surface area (Å²) in [6, 6.07) is 0. The van der Waals surface area contributed by atoms with Crippen molar-refractivity contribution in [1.82, 2.24) is 0 Å². The second kappa shape index (κ2) is 44.1. The normalized spacial score (nSPS) is 12.1. The van der Waals surface area contributed by atoms with Crippen LogP contribution in [-0.4, -0.2) is 25.2 Å². The smallest absolute Gasteiger partial charge is 0.309 e. The van der Waals surface area contributed by atoms with Crippen LogP contribution in [0.4, 0.5) is 0 Å². The molecule has 0 aliphatic rings. The molecule has 1 atom stereocenters. The summed E-state index contributed by atoms with van der Waals surface area (Å²) in [7, 11) is 0. The number of ether oxygens (including phenoxy) is 2. The lowest BCUT2D eigenvalue weighted by atomic mass is 9.97. The first-order valence-electron chi connectivity index (χ1n) is 23.6. The van der Waals surface area contributed by atoms with Crippen molar-refractivity contribution >= 4 is 11.9 Å². The van der Waals surface area contributed by atoms with Gasteiger partial charge in [-0.3, -0.25) is 9.59 Å². The standard InChI is InChI=1S/C48H92O4/c1-4-7-10-13-16-19-22-23-24-25-26-27-28-29-30-33-36-39-42-46(48(50)52-44-41-38-35-32-21-18-15-12-9-6-3)45-47(49)51-43-40-37-34-31-20-17-14-11-8-5-2/h24-25,46H,4-23,26-45H2,1-3H3/b25-24+. The first-order valence-corrected chi connectivity index (χ1v) is 23.6. The molecule has 0 bridgehead atoms. The highest BCUT2D eigenvalue weighted by atomic mass is 16.5. The first-order chi connectivity index (χ1) is 25.7. The molecule has 52 heavy (non-hydrogen) atoms. The molecule has 0 aromatic rings. The Labute approximate surface area is 326 Å². The molecule has 0 rings (SSSR count). The number of unbranched alkanes of at least 4 members (excludes halogenated alkanes) is 32. The lowest BCUT2D eigenvalue weighted by Crippen LogP contribution is -2.23. The number of hydrogen-bond acceptors (Lipinski definition) is 4. The Morgan fingerprint density at radius 1 is 0.385 bits per heavy atom. The molecule has 0 spiro atoms. The van der Waals surface area contributed by atoms with Gasteiger partial charge in [0, 0.05) is 0 Å². The second-order valence-electron chi connectivity index (χ2n) is 16.1. The number of carbonyl (C=O) groups excluding carboxylic acids is 2. The maximum absolute atomic E-state index is 13.1. The molecule has 0 saturated heterocycles. The Kier molecular flexibility index (Phi) is 43.0. The zero-order valence-electron chi connectivity index (χ0n) is 35.6. The highest BCUT2D eigenvalue weighted by Gasteiger charge is 2.24. The number of esters is 2. The summed E-state index contributed by atoms with van der Waals surface area (Å²) >= 11 is 0. The van der Waals surface area contributed by atoms with Crippen molar-refractivity contribution in [2.75, 3.05) is 13.2 Å². The van der Waals surface area contributed by atoms with Gasteiger partial charge in [-0.1, -0.05) is 226 Å². The zero-order valence-corrected chi connectivity index (χ0v) is 35.6. The Morgan fingerprint density at radius 3 is 1.08 bits per heavy atom. The van der Waals surface area contributed by atoms with Crippen molar-refractivity contribution < 1.29 is 19.1 Å².